The molecule has 1 aromatic heterocycles. The molecule has 4 nitrogen and oxygen atoms in total. The molecule has 27 heavy (non-hydrogen) atoms. The minimum Gasteiger partial charge on any atom is -0.457 e. The van der Waals surface area contributed by atoms with Gasteiger partial charge < -0.3 is 4.74 Å². The molecule has 1 N–H and O–H groups in total. The first-order valence-electron chi connectivity index (χ1n) is 9.26. The number of halogens is 1. The highest BCUT2D eigenvalue weighted by Crippen LogP contribution is 2.32. The fourth-order valence-corrected chi connectivity index (χ4v) is 3.42. The van der Waals surface area contributed by atoms with Crippen LogP contribution in [0.5, 0.6) is 0 Å². The standard InChI is InChI=1S/C22H21FN2O2/c23-18-10-6-16(7-11-18)21-13-9-17(22(26)27-21)8-12-19-14-20(25-24-19)15-4-2-1-3-5-15/h2,4-8,10-12,14,17,21H,1,3,9,13H2,(H,24,25)/b12-8+. The molecule has 138 valence electrons. The highest BCUT2D eigenvalue weighted by molar-refractivity contribution is 5.77. The molecule has 0 radical (unpaired) electrons. The summed E-state index contributed by atoms with van der Waals surface area (Å²) in [6.45, 7) is 0. The summed E-state index contributed by atoms with van der Waals surface area (Å²) in [4.78, 5) is 12.3. The summed E-state index contributed by atoms with van der Waals surface area (Å²) in [6.07, 6.45) is 13.4. The summed E-state index contributed by atoms with van der Waals surface area (Å²) in [6, 6.07) is 8.10. The summed E-state index contributed by atoms with van der Waals surface area (Å²) in [5.41, 5.74) is 3.72. The van der Waals surface area contributed by atoms with Crippen LogP contribution in [0.4, 0.5) is 4.39 Å². The molecule has 5 heteroatoms. The fourth-order valence-electron chi connectivity index (χ4n) is 3.42. The van der Waals surface area contributed by atoms with E-state index in [1.807, 2.05) is 18.2 Å². The van der Waals surface area contributed by atoms with Crippen LogP contribution in [0.3, 0.4) is 0 Å². The van der Waals surface area contributed by atoms with E-state index in [-0.39, 0.29) is 23.8 Å². The molecule has 0 saturated carbocycles. The van der Waals surface area contributed by atoms with Gasteiger partial charge in [0, 0.05) is 0 Å². The van der Waals surface area contributed by atoms with E-state index in [0.29, 0.717) is 6.42 Å². The van der Waals surface area contributed by atoms with E-state index in [1.165, 1.54) is 12.1 Å². The molecule has 2 aromatic rings. The van der Waals surface area contributed by atoms with Crippen LogP contribution in [0, 0.1) is 11.7 Å². The Bertz CT molecular complexity index is 909. The maximum atomic E-state index is 13.0. The zero-order chi connectivity index (χ0) is 18.6. The first kappa shape index (κ1) is 17.5. The van der Waals surface area contributed by atoms with Gasteiger partial charge in [-0.3, -0.25) is 9.89 Å². The van der Waals surface area contributed by atoms with Crippen molar-refractivity contribution < 1.29 is 13.9 Å². The molecule has 0 spiro atoms. The zero-order valence-electron chi connectivity index (χ0n) is 14.9. The Balaban J connectivity index is 1.38. The van der Waals surface area contributed by atoms with Crippen LogP contribution < -0.4 is 0 Å². The maximum absolute atomic E-state index is 13.0. The van der Waals surface area contributed by atoms with Gasteiger partial charge in [0.2, 0.25) is 0 Å². The van der Waals surface area contributed by atoms with Gasteiger partial charge in [-0.25, -0.2) is 4.39 Å². The SMILES string of the molecule is O=C1OC(c2ccc(F)cc2)CCC1/C=C/c1cc(C2=CCCC=C2)n[nH]1. The number of aromatic amines is 1. The van der Waals surface area contributed by atoms with Crippen molar-refractivity contribution in [3.05, 3.63) is 77.4 Å². The summed E-state index contributed by atoms with van der Waals surface area (Å²) in [7, 11) is 0. The van der Waals surface area contributed by atoms with Crippen LogP contribution in [0.25, 0.3) is 11.6 Å². The number of benzene rings is 1. The van der Waals surface area contributed by atoms with Crippen LogP contribution in [-0.4, -0.2) is 16.2 Å². The Morgan fingerprint density at radius 3 is 2.78 bits per heavy atom. The van der Waals surface area contributed by atoms with E-state index in [0.717, 1.165) is 41.8 Å². The Kier molecular flexibility index (Phi) is 5.01. The van der Waals surface area contributed by atoms with Crippen molar-refractivity contribution in [3.63, 3.8) is 0 Å². The first-order chi connectivity index (χ1) is 13.2. The molecule has 1 aliphatic heterocycles. The van der Waals surface area contributed by atoms with E-state index >= 15 is 0 Å². The van der Waals surface area contributed by atoms with Crippen molar-refractivity contribution in [1.29, 1.82) is 0 Å². The average Bonchev–Trinajstić information content (AvgIpc) is 3.17. The second-order valence-corrected chi connectivity index (χ2v) is 6.87. The lowest BCUT2D eigenvalue weighted by Crippen LogP contribution is -2.25. The molecule has 4 rings (SSSR count). The highest BCUT2D eigenvalue weighted by atomic mass is 19.1. The normalized spacial score (nSPS) is 22.7. The lowest BCUT2D eigenvalue weighted by molar-refractivity contribution is -0.158. The lowest BCUT2D eigenvalue weighted by atomic mass is 9.93. The third kappa shape index (κ3) is 4.08. The van der Waals surface area contributed by atoms with Crippen LogP contribution in [0.2, 0.25) is 0 Å². The van der Waals surface area contributed by atoms with Gasteiger partial charge in [0.15, 0.2) is 0 Å². The maximum Gasteiger partial charge on any atom is 0.313 e. The molecule has 1 saturated heterocycles. The predicted octanol–water partition coefficient (Wildman–Crippen LogP) is 4.99. The molecular weight excluding hydrogens is 343 g/mol. The molecule has 1 aromatic carbocycles. The van der Waals surface area contributed by atoms with Gasteiger partial charge in [0.05, 0.1) is 17.3 Å². The summed E-state index contributed by atoms with van der Waals surface area (Å²) in [5.74, 6) is -0.813. The van der Waals surface area contributed by atoms with Gasteiger partial charge in [0.25, 0.3) is 0 Å². The highest BCUT2D eigenvalue weighted by Gasteiger charge is 2.29. The molecule has 1 fully saturated rings. The number of rotatable bonds is 4. The number of esters is 1. The number of ether oxygens (including phenoxy) is 1. The molecule has 2 atom stereocenters. The first-order valence-corrected chi connectivity index (χ1v) is 9.26. The Morgan fingerprint density at radius 2 is 2.04 bits per heavy atom. The summed E-state index contributed by atoms with van der Waals surface area (Å²) >= 11 is 0. The third-order valence-electron chi connectivity index (χ3n) is 4.94. The van der Waals surface area contributed by atoms with Crippen molar-refractivity contribution in [2.45, 2.75) is 31.8 Å². The van der Waals surface area contributed by atoms with E-state index in [4.69, 9.17) is 4.74 Å². The van der Waals surface area contributed by atoms with Gasteiger partial charge in [-0.2, -0.15) is 5.10 Å². The molecule has 2 aliphatic rings. The molecule has 0 bridgehead atoms. The monoisotopic (exact) mass is 364 g/mol. The number of carbonyl (C=O) groups is 1. The van der Waals surface area contributed by atoms with Gasteiger partial charge >= 0.3 is 5.97 Å². The fraction of sp³-hybridized carbons (Fsp3) is 0.273. The van der Waals surface area contributed by atoms with E-state index < -0.39 is 0 Å². The van der Waals surface area contributed by atoms with Gasteiger partial charge in [-0.15, -0.1) is 0 Å². The average molecular weight is 364 g/mol. The molecule has 0 amide bonds. The molecule has 2 unspecified atom stereocenters. The number of allylic oxidation sites excluding steroid dienone is 4. The van der Waals surface area contributed by atoms with Crippen LogP contribution in [0.1, 0.15) is 48.7 Å². The number of H-pyrrole nitrogens is 1. The number of aromatic nitrogens is 2. The second-order valence-electron chi connectivity index (χ2n) is 6.87. The third-order valence-corrected chi connectivity index (χ3v) is 4.94. The Morgan fingerprint density at radius 1 is 1.19 bits per heavy atom. The number of cyclic esters (lactones) is 1. The summed E-state index contributed by atoms with van der Waals surface area (Å²) in [5, 5.41) is 7.34. The van der Waals surface area contributed by atoms with Crippen molar-refractivity contribution in [2.75, 3.05) is 0 Å². The number of nitrogens with one attached hydrogen (secondary N) is 1. The van der Waals surface area contributed by atoms with Gasteiger partial charge in [-0.1, -0.05) is 36.4 Å². The van der Waals surface area contributed by atoms with E-state index in [2.05, 4.69) is 28.4 Å². The minimum atomic E-state index is -0.300. The number of hydrogen-bond donors (Lipinski definition) is 1. The van der Waals surface area contributed by atoms with Crippen LogP contribution in [0.15, 0.2) is 54.6 Å². The van der Waals surface area contributed by atoms with Gasteiger partial charge in [-0.05, 0) is 61.1 Å². The number of hydrogen-bond acceptors (Lipinski definition) is 3. The van der Waals surface area contributed by atoms with Crippen molar-refractivity contribution >= 4 is 17.6 Å². The van der Waals surface area contributed by atoms with Crippen LogP contribution >= 0.6 is 0 Å². The van der Waals surface area contributed by atoms with Gasteiger partial charge in [0.1, 0.15) is 11.9 Å². The van der Waals surface area contributed by atoms with Crippen molar-refractivity contribution in [2.24, 2.45) is 5.92 Å². The smallest absolute Gasteiger partial charge is 0.313 e. The number of carbonyl (C=O) groups excluding carboxylic acids is 1. The molecule has 1 aliphatic carbocycles. The molecule has 2 heterocycles. The molecular formula is C22H21FN2O2. The Hall–Kier alpha value is -2.95. The predicted molar refractivity (Wildman–Crippen MR) is 102 cm³/mol. The largest absolute Gasteiger partial charge is 0.457 e. The van der Waals surface area contributed by atoms with E-state index in [1.54, 1.807) is 12.1 Å². The number of nitrogens with zero attached hydrogens (tertiary/aromatic N) is 1. The Labute approximate surface area is 157 Å². The second kappa shape index (κ2) is 7.74. The zero-order valence-corrected chi connectivity index (χ0v) is 14.9. The minimum absolute atomic E-state index is 0.246. The van der Waals surface area contributed by atoms with Crippen molar-refractivity contribution in [1.82, 2.24) is 10.2 Å². The van der Waals surface area contributed by atoms with Crippen LogP contribution in [-0.2, 0) is 9.53 Å². The quantitative estimate of drug-likeness (QED) is 0.778. The van der Waals surface area contributed by atoms with Crippen molar-refractivity contribution in [3.8, 4) is 0 Å². The van der Waals surface area contributed by atoms with E-state index in [9.17, 15) is 9.18 Å². The lowest BCUT2D eigenvalue weighted by Gasteiger charge is -2.26. The topological polar surface area (TPSA) is 55.0 Å². The summed E-state index contributed by atoms with van der Waals surface area (Å²) < 4.78 is 18.6.